The van der Waals surface area contributed by atoms with Crippen molar-refractivity contribution in [3.63, 3.8) is 0 Å². The molecule has 2 aromatic rings. The molecule has 0 saturated heterocycles. The monoisotopic (exact) mass is 278 g/mol. The third-order valence-electron chi connectivity index (χ3n) is 2.57. The average Bonchev–Trinajstić information content (AvgIpc) is 2.41. The number of benzene rings is 2. The maximum absolute atomic E-state index is 13.0. The number of hydrogen-bond acceptors (Lipinski definition) is 2. The smallest absolute Gasteiger partial charge is 0.141 e. The van der Waals surface area contributed by atoms with Gasteiger partial charge in [0.05, 0.1) is 16.3 Å². The highest BCUT2D eigenvalue weighted by Crippen LogP contribution is 2.19. The first-order valence-corrected chi connectivity index (χ1v) is 5.85. The molecule has 1 N–H and O–H groups in total. The number of halogens is 3. The number of hydrogen-bond donors (Lipinski definition) is 1. The molecule has 0 aromatic heterocycles. The van der Waals surface area contributed by atoms with Gasteiger partial charge in [-0.3, -0.25) is 0 Å². The van der Waals surface area contributed by atoms with Gasteiger partial charge in [-0.25, -0.2) is 8.78 Å². The Hall–Kier alpha value is -2.12. The van der Waals surface area contributed by atoms with Crippen molar-refractivity contribution < 1.29 is 8.78 Å². The van der Waals surface area contributed by atoms with Gasteiger partial charge < -0.3 is 5.32 Å². The third kappa shape index (κ3) is 3.21. The fourth-order valence-electron chi connectivity index (χ4n) is 1.61. The molecule has 0 heterocycles. The molecular formula is C14H9ClF2N2. The van der Waals surface area contributed by atoms with E-state index in [9.17, 15) is 8.78 Å². The van der Waals surface area contributed by atoms with Gasteiger partial charge in [-0.15, -0.1) is 0 Å². The lowest BCUT2D eigenvalue weighted by atomic mass is 10.1. The van der Waals surface area contributed by atoms with E-state index in [4.69, 9.17) is 16.9 Å². The maximum atomic E-state index is 13.0. The molecule has 0 amide bonds. The van der Waals surface area contributed by atoms with Crippen molar-refractivity contribution >= 4 is 17.3 Å². The van der Waals surface area contributed by atoms with Crippen LogP contribution in [0.15, 0.2) is 36.4 Å². The zero-order chi connectivity index (χ0) is 13.8. The summed E-state index contributed by atoms with van der Waals surface area (Å²) in [6, 6.07) is 10.2. The van der Waals surface area contributed by atoms with Crippen molar-refractivity contribution in [2.24, 2.45) is 0 Å². The van der Waals surface area contributed by atoms with Crippen molar-refractivity contribution in [1.29, 1.82) is 5.26 Å². The van der Waals surface area contributed by atoms with Gasteiger partial charge in [0, 0.05) is 6.54 Å². The van der Waals surface area contributed by atoms with Crippen molar-refractivity contribution in [3.8, 4) is 6.07 Å². The van der Waals surface area contributed by atoms with Gasteiger partial charge in [-0.1, -0.05) is 17.7 Å². The van der Waals surface area contributed by atoms with Crippen LogP contribution in [-0.4, -0.2) is 0 Å². The standard InChI is InChI=1S/C14H9ClF2N2/c15-12-5-9(1-3-13(12)17)8-19-14-4-2-11(16)6-10(14)7-18/h1-6,19H,8H2. The lowest BCUT2D eigenvalue weighted by molar-refractivity contribution is 0.627. The predicted octanol–water partition coefficient (Wildman–Crippen LogP) is 4.10. The van der Waals surface area contributed by atoms with E-state index in [1.165, 1.54) is 24.3 Å². The summed E-state index contributed by atoms with van der Waals surface area (Å²) >= 11 is 5.67. The zero-order valence-corrected chi connectivity index (χ0v) is 10.5. The van der Waals surface area contributed by atoms with E-state index in [-0.39, 0.29) is 10.6 Å². The molecule has 96 valence electrons. The molecule has 2 nitrogen and oxygen atoms in total. The lowest BCUT2D eigenvalue weighted by Crippen LogP contribution is -2.02. The second-order valence-corrected chi connectivity index (χ2v) is 4.31. The molecule has 0 atom stereocenters. The first kappa shape index (κ1) is 13.3. The van der Waals surface area contributed by atoms with Crippen molar-refractivity contribution in [3.05, 3.63) is 64.2 Å². The van der Waals surface area contributed by atoms with E-state index >= 15 is 0 Å². The molecule has 19 heavy (non-hydrogen) atoms. The van der Waals surface area contributed by atoms with E-state index in [0.717, 1.165) is 11.6 Å². The molecule has 2 aromatic carbocycles. The molecule has 0 fully saturated rings. The summed E-state index contributed by atoms with van der Waals surface area (Å²) in [6.07, 6.45) is 0. The minimum absolute atomic E-state index is 0.0407. The summed E-state index contributed by atoms with van der Waals surface area (Å²) in [5, 5.41) is 11.9. The zero-order valence-electron chi connectivity index (χ0n) is 9.75. The van der Waals surface area contributed by atoms with Gasteiger partial charge in [0.1, 0.15) is 17.7 Å². The predicted molar refractivity (Wildman–Crippen MR) is 69.9 cm³/mol. The number of anilines is 1. The molecule has 0 saturated carbocycles. The fraction of sp³-hybridized carbons (Fsp3) is 0.0714. The van der Waals surface area contributed by atoms with Crippen molar-refractivity contribution in [2.75, 3.05) is 5.32 Å². The van der Waals surface area contributed by atoms with Gasteiger partial charge in [-0.05, 0) is 35.9 Å². The summed E-state index contributed by atoms with van der Waals surface area (Å²) in [5.74, 6) is -0.947. The average molecular weight is 279 g/mol. The van der Waals surface area contributed by atoms with Crippen LogP contribution in [0.2, 0.25) is 5.02 Å². The van der Waals surface area contributed by atoms with Crippen LogP contribution in [0.25, 0.3) is 0 Å². The summed E-state index contributed by atoms with van der Waals surface area (Å²) in [5.41, 5.74) is 1.50. The van der Waals surface area contributed by atoms with Crippen LogP contribution in [0, 0.1) is 23.0 Å². The molecule has 0 unspecified atom stereocenters. The summed E-state index contributed by atoms with van der Waals surface area (Å²) in [7, 11) is 0. The van der Waals surface area contributed by atoms with Crippen LogP contribution >= 0.6 is 11.6 Å². The summed E-state index contributed by atoms with van der Waals surface area (Å²) < 4.78 is 25.9. The Morgan fingerprint density at radius 3 is 2.63 bits per heavy atom. The summed E-state index contributed by atoms with van der Waals surface area (Å²) in [6.45, 7) is 0.361. The first-order valence-electron chi connectivity index (χ1n) is 5.47. The second-order valence-electron chi connectivity index (χ2n) is 3.90. The number of nitrogens with one attached hydrogen (secondary N) is 1. The molecule has 0 aliphatic rings. The third-order valence-corrected chi connectivity index (χ3v) is 2.86. The topological polar surface area (TPSA) is 35.8 Å². The Morgan fingerprint density at radius 1 is 1.16 bits per heavy atom. The number of nitriles is 1. The Balaban J connectivity index is 2.14. The highest BCUT2D eigenvalue weighted by molar-refractivity contribution is 6.30. The highest BCUT2D eigenvalue weighted by atomic mass is 35.5. The normalized spacial score (nSPS) is 10.0. The minimum Gasteiger partial charge on any atom is -0.380 e. The van der Waals surface area contributed by atoms with E-state index in [0.29, 0.717) is 12.2 Å². The Morgan fingerprint density at radius 2 is 1.95 bits per heavy atom. The first-order chi connectivity index (χ1) is 9.10. The van der Waals surface area contributed by atoms with Crippen LogP contribution in [0.5, 0.6) is 0 Å². The van der Waals surface area contributed by atoms with Gasteiger partial charge in [0.15, 0.2) is 0 Å². The van der Waals surface area contributed by atoms with Crippen LogP contribution < -0.4 is 5.32 Å². The van der Waals surface area contributed by atoms with Crippen LogP contribution in [-0.2, 0) is 6.54 Å². The molecule has 5 heteroatoms. The Bertz CT molecular complexity index is 650. The molecule has 0 aliphatic carbocycles. The SMILES string of the molecule is N#Cc1cc(F)ccc1NCc1ccc(F)c(Cl)c1. The minimum atomic E-state index is -0.482. The Labute approximate surface area is 114 Å². The van der Waals surface area contributed by atoms with Crippen LogP contribution in [0.3, 0.4) is 0 Å². The summed E-state index contributed by atoms with van der Waals surface area (Å²) in [4.78, 5) is 0. The van der Waals surface area contributed by atoms with Crippen LogP contribution in [0.4, 0.5) is 14.5 Å². The fourth-order valence-corrected chi connectivity index (χ4v) is 1.81. The molecule has 0 spiro atoms. The van der Waals surface area contributed by atoms with E-state index < -0.39 is 11.6 Å². The van der Waals surface area contributed by atoms with E-state index in [2.05, 4.69) is 5.32 Å². The van der Waals surface area contributed by atoms with E-state index in [1.807, 2.05) is 6.07 Å². The molecule has 0 bridgehead atoms. The molecule has 2 rings (SSSR count). The van der Waals surface area contributed by atoms with Gasteiger partial charge in [0.25, 0.3) is 0 Å². The quantitative estimate of drug-likeness (QED) is 0.917. The van der Waals surface area contributed by atoms with Crippen molar-refractivity contribution in [2.45, 2.75) is 6.54 Å². The van der Waals surface area contributed by atoms with E-state index in [1.54, 1.807) is 6.07 Å². The van der Waals surface area contributed by atoms with Crippen molar-refractivity contribution in [1.82, 2.24) is 0 Å². The maximum Gasteiger partial charge on any atom is 0.141 e. The lowest BCUT2D eigenvalue weighted by Gasteiger charge is -2.08. The Kier molecular flexibility index (Phi) is 3.98. The molecule has 0 aliphatic heterocycles. The second kappa shape index (κ2) is 5.68. The van der Waals surface area contributed by atoms with Gasteiger partial charge in [0.2, 0.25) is 0 Å². The highest BCUT2D eigenvalue weighted by Gasteiger charge is 2.05. The van der Waals surface area contributed by atoms with Gasteiger partial charge >= 0.3 is 0 Å². The van der Waals surface area contributed by atoms with Gasteiger partial charge in [-0.2, -0.15) is 5.26 Å². The molecular weight excluding hydrogens is 270 g/mol. The number of rotatable bonds is 3. The number of nitrogens with zero attached hydrogens (tertiary/aromatic N) is 1. The van der Waals surface area contributed by atoms with Crippen LogP contribution in [0.1, 0.15) is 11.1 Å². The molecule has 0 radical (unpaired) electrons. The largest absolute Gasteiger partial charge is 0.380 e.